The molecule has 0 aliphatic carbocycles. The van der Waals surface area contributed by atoms with Gasteiger partial charge < -0.3 is 14.8 Å². The number of benzene rings is 2. The molecule has 0 aliphatic heterocycles. The summed E-state index contributed by atoms with van der Waals surface area (Å²) in [6.45, 7) is 9.86. The highest BCUT2D eigenvalue weighted by Crippen LogP contribution is 2.37. The van der Waals surface area contributed by atoms with Crippen molar-refractivity contribution in [2.75, 3.05) is 6.61 Å². The van der Waals surface area contributed by atoms with Gasteiger partial charge in [0.15, 0.2) is 12.3 Å². The van der Waals surface area contributed by atoms with Crippen LogP contribution in [0, 0.1) is 20.8 Å². The SMILES string of the molecule is Cc1ccc(C(C)C)c(OCC(=O)N=Nc2c(O)[nH]c3c(C)c(C)ccc23)c1. The number of aromatic amines is 1. The van der Waals surface area contributed by atoms with Crippen LogP contribution in [0.25, 0.3) is 10.9 Å². The lowest BCUT2D eigenvalue weighted by Gasteiger charge is -2.13. The Morgan fingerprint density at radius 3 is 2.64 bits per heavy atom. The first-order valence-corrected chi connectivity index (χ1v) is 9.26. The maximum Gasteiger partial charge on any atom is 0.302 e. The highest BCUT2D eigenvalue weighted by Gasteiger charge is 2.14. The topological polar surface area (TPSA) is 87.0 Å². The van der Waals surface area contributed by atoms with Gasteiger partial charge in [0.1, 0.15) is 5.75 Å². The van der Waals surface area contributed by atoms with Crippen LogP contribution in [0.3, 0.4) is 0 Å². The number of fused-ring (bicyclic) bond motifs is 1. The zero-order valence-corrected chi connectivity index (χ0v) is 16.8. The number of carbonyl (C=O) groups is 1. The second kappa shape index (κ2) is 7.84. The third-order valence-electron chi connectivity index (χ3n) is 4.86. The number of hydrogen-bond acceptors (Lipinski definition) is 4. The largest absolute Gasteiger partial charge is 0.493 e. The summed E-state index contributed by atoms with van der Waals surface area (Å²) >= 11 is 0. The molecule has 2 aromatic carbocycles. The number of aryl methyl sites for hydroxylation is 3. The molecule has 6 nitrogen and oxygen atoms in total. The normalized spacial score (nSPS) is 11.6. The molecule has 0 fully saturated rings. The predicted molar refractivity (Wildman–Crippen MR) is 110 cm³/mol. The lowest BCUT2D eigenvalue weighted by molar-refractivity contribution is -0.120. The lowest BCUT2D eigenvalue weighted by atomic mass is 10.0. The average Bonchev–Trinajstić information content (AvgIpc) is 2.97. The molecular formula is C22H25N3O3. The Balaban J connectivity index is 1.77. The Hall–Kier alpha value is -3.15. The highest BCUT2D eigenvalue weighted by atomic mass is 16.5. The summed E-state index contributed by atoms with van der Waals surface area (Å²) in [7, 11) is 0. The van der Waals surface area contributed by atoms with Gasteiger partial charge in [0.05, 0.1) is 5.52 Å². The van der Waals surface area contributed by atoms with E-state index in [1.54, 1.807) is 0 Å². The average molecular weight is 379 g/mol. The van der Waals surface area contributed by atoms with Gasteiger partial charge in [-0.2, -0.15) is 0 Å². The molecule has 0 saturated heterocycles. The molecule has 0 saturated carbocycles. The maximum absolute atomic E-state index is 12.2. The van der Waals surface area contributed by atoms with Crippen molar-refractivity contribution in [2.45, 2.75) is 40.5 Å². The number of nitrogens with one attached hydrogen (secondary N) is 1. The highest BCUT2D eigenvalue weighted by molar-refractivity contribution is 5.96. The Labute approximate surface area is 164 Å². The van der Waals surface area contributed by atoms with Gasteiger partial charge in [-0.05, 0) is 55.0 Å². The second-order valence-electron chi connectivity index (χ2n) is 7.33. The van der Waals surface area contributed by atoms with E-state index >= 15 is 0 Å². The number of hydrogen-bond donors (Lipinski definition) is 2. The molecule has 6 heteroatoms. The molecule has 1 amide bonds. The molecule has 3 rings (SSSR count). The van der Waals surface area contributed by atoms with Gasteiger partial charge in [0.25, 0.3) is 0 Å². The molecular weight excluding hydrogens is 354 g/mol. The molecule has 0 atom stereocenters. The monoisotopic (exact) mass is 379 g/mol. The summed E-state index contributed by atoms with van der Waals surface area (Å²) in [5.41, 5.74) is 5.25. The predicted octanol–water partition coefficient (Wildman–Crippen LogP) is 5.61. The standard InChI is InChI=1S/C22H25N3O3/c1-12(2)16-8-6-13(3)10-18(16)28-11-19(26)24-25-21-17-9-7-14(4)15(5)20(17)23-22(21)27/h6-10,12,23,27H,11H2,1-5H3. The van der Waals surface area contributed by atoms with Gasteiger partial charge >= 0.3 is 5.91 Å². The number of azo groups is 1. The molecule has 3 aromatic rings. The molecule has 0 radical (unpaired) electrons. The van der Waals surface area contributed by atoms with Crippen molar-refractivity contribution >= 4 is 22.5 Å². The lowest BCUT2D eigenvalue weighted by Crippen LogP contribution is -2.09. The van der Waals surface area contributed by atoms with Crippen LogP contribution in [0.2, 0.25) is 0 Å². The van der Waals surface area contributed by atoms with Crippen molar-refractivity contribution in [2.24, 2.45) is 10.2 Å². The Morgan fingerprint density at radius 1 is 1.18 bits per heavy atom. The first kappa shape index (κ1) is 19.6. The van der Waals surface area contributed by atoms with Crippen molar-refractivity contribution in [1.29, 1.82) is 0 Å². The number of carbonyl (C=O) groups excluding carboxylic acids is 1. The first-order chi connectivity index (χ1) is 13.3. The van der Waals surface area contributed by atoms with Crippen molar-refractivity contribution in [3.63, 3.8) is 0 Å². The summed E-state index contributed by atoms with van der Waals surface area (Å²) in [4.78, 5) is 15.1. The first-order valence-electron chi connectivity index (χ1n) is 9.26. The molecule has 1 aromatic heterocycles. The van der Waals surface area contributed by atoms with Crippen LogP contribution >= 0.6 is 0 Å². The summed E-state index contributed by atoms with van der Waals surface area (Å²) in [5.74, 6) is 0.331. The fourth-order valence-electron chi connectivity index (χ4n) is 3.10. The molecule has 0 spiro atoms. The number of aromatic nitrogens is 1. The van der Waals surface area contributed by atoms with E-state index in [9.17, 15) is 9.90 Å². The minimum absolute atomic E-state index is 0.109. The van der Waals surface area contributed by atoms with E-state index in [4.69, 9.17) is 4.74 Å². The third-order valence-corrected chi connectivity index (χ3v) is 4.86. The maximum atomic E-state index is 12.2. The second-order valence-corrected chi connectivity index (χ2v) is 7.33. The van der Waals surface area contributed by atoms with E-state index in [-0.39, 0.29) is 24.1 Å². The van der Waals surface area contributed by atoms with Gasteiger partial charge in [-0.1, -0.05) is 38.1 Å². The van der Waals surface area contributed by atoms with Gasteiger partial charge in [-0.15, -0.1) is 10.2 Å². The van der Waals surface area contributed by atoms with Crippen LogP contribution in [0.5, 0.6) is 11.6 Å². The van der Waals surface area contributed by atoms with E-state index in [1.165, 1.54) is 0 Å². The third kappa shape index (κ3) is 3.91. The smallest absolute Gasteiger partial charge is 0.302 e. The summed E-state index contributed by atoms with van der Waals surface area (Å²) < 4.78 is 5.69. The van der Waals surface area contributed by atoms with Gasteiger partial charge in [-0.3, -0.25) is 4.79 Å². The minimum atomic E-state index is -0.520. The number of aromatic hydroxyl groups is 1. The number of ether oxygens (including phenoxy) is 1. The van der Waals surface area contributed by atoms with Crippen molar-refractivity contribution in [3.05, 3.63) is 52.6 Å². The van der Waals surface area contributed by atoms with Crippen LogP contribution in [0.1, 0.15) is 42.0 Å². The Kier molecular flexibility index (Phi) is 5.49. The van der Waals surface area contributed by atoms with Crippen LogP contribution in [0.4, 0.5) is 5.69 Å². The van der Waals surface area contributed by atoms with E-state index in [0.717, 1.165) is 33.2 Å². The summed E-state index contributed by atoms with van der Waals surface area (Å²) in [6, 6.07) is 9.74. The van der Waals surface area contributed by atoms with E-state index in [0.29, 0.717) is 5.75 Å². The Morgan fingerprint density at radius 2 is 1.93 bits per heavy atom. The molecule has 0 bridgehead atoms. The van der Waals surface area contributed by atoms with Crippen LogP contribution in [0.15, 0.2) is 40.6 Å². The van der Waals surface area contributed by atoms with Crippen LogP contribution in [-0.2, 0) is 4.79 Å². The number of nitrogens with zero attached hydrogens (tertiary/aromatic N) is 2. The van der Waals surface area contributed by atoms with Gasteiger partial charge in [0, 0.05) is 5.39 Å². The molecule has 1 heterocycles. The zero-order valence-electron chi connectivity index (χ0n) is 16.8. The van der Waals surface area contributed by atoms with E-state index < -0.39 is 5.91 Å². The minimum Gasteiger partial charge on any atom is -0.493 e. The molecule has 0 unspecified atom stereocenters. The van der Waals surface area contributed by atoms with E-state index in [1.807, 2.05) is 51.1 Å². The number of rotatable bonds is 5. The Bertz CT molecular complexity index is 1060. The van der Waals surface area contributed by atoms with Crippen LogP contribution < -0.4 is 4.74 Å². The van der Waals surface area contributed by atoms with Gasteiger partial charge in [0.2, 0.25) is 5.88 Å². The van der Waals surface area contributed by atoms with Crippen LogP contribution in [-0.4, -0.2) is 22.6 Å². The zero-order chi connectivity index (χ0) is 20.4. The molecule has 146 valence electrons. The van der Waals surface area contributed by atoms with Crippen molar-refractivity contribution in [3.8, 4) is 11.6 Å². The number of amides is 1. The summed E-state index contributed by atoms with van der Waals surface area (Å²) in [5, 5.41) is 18.6. The van der Waals surface area contributed by atoms with Gasteiger partial charge in [-0.25, -0.2) is 0 Å². The fourth-order valence-corrected chi connectivity index (χ4v) is 3.10. The molecule has 0 aliphatic rings. The summed E-state index contributed by atoms with van der Waals surface area (Å²) in [6.07, 6.45) is 0. The fraction of sp³-hybridized carbons (Fsp3) is 0.318. The number of H-pyrrole nitrogens is 1. The molecule has 28 heavy (non-hydrogen) atoms. The van der Waals surface area contributed by atoms with Crippen molar-refractivity contribution in [1.82, 2.24) is 4.98 Å². The van der Waals surface area contributed by atoms with Crippen molar-refractivity contribution < 1.29 is 14.6 Å². The molecule has 2 N–H and O–H groups in total. The quantitative estimate of drug-likeness (QED) is 0.565. The van der Waals surface area contributed by atoms with E-state index in [2.05, 4.69) is 29.1 Å².